The number of ether oxygens (including phenoxy) is 7. The van der Waals surface area contributed by atoms with Gasteiger partial charge in [0.2, 0.25) is 5.78 Å². The highest BCUT2D eigenvalue weighted by atomic mass is 16.6. The van der Waals surface area contributed by atoms with Gasteiger partial charge in [0.05, 0.1) is 26.2 Å². The topological polar surface area (TPSA) is 174 Å². The number of aryl methyl sites for hydroxylation is 1. The van der Waals surface area contributed by atoms with Gasteiger partial charge in [-0.1, -0.05) is 73.3 Å². The Hall–Kier alpha value is -7.16. The van der Waals surface area contributed by atoms with Crippen LogP contribution in [0.1, 0.15) is 75.3 Å². The number of amides is 2. The minimum atomic E-state index is -1.49. The van der Waals surface area contributed by atoms with Gasteiger partial charge in [-0.05, 0) is 105 Å². The third-order valence-corrected chi connectivity index (χ3v) is 11.5. The van der Waals surface area contributed by atoms with Crippen LogP contribution in [0.15, 0.2) is 104 Å². The van der Waals surface area contributed by atoms with Crippen molar-refractivity contribution in [3.05, 3.63) is 126 Å². The Balaban J connectivity index is 1.27. The van der Waals surface area contributed by atoms with E-state index in [1.54, 1.807) is 51.1 Å². The molecule has 1 fully saturated rings. The second-order valence-electron chi connectivity index (χ2n) is 17.9. The van der Waals surface area contributed by atoms with Crippen molar-refractivity contribution in [2.24, 2.45) is 5.41 Å². The molecule has 4 aromatic carbocycles. The van der Waals surface area contributed by atoms with Gasteiger partial charge in [-0.3, -0.25) is 9.59 Å². The molecule has 2 amide bonds. The first-order valence-electron chi connectivity index (χ1n) is 22.0. The molecule has 0 aromatic heterocycles. The molecule has 0 bridgehead atoms. The van der Waals surface area contributed by atoms with Crippen LogP contribution in [0.2, 0.25) is 0 Å². The van der Waals surface area contributed by atoms with Crippen molar-refractivity contribution in [1.82, 2.24) is 9.80 Å². The smallest absolute Gasteiger partial charge is 0.409 e. The van der Waals surface area contributed by atoms with Crippen LogP contribution in [0.25, 0.3) is 11.1 Å². The lowest BCUT2D eigenvalue weighted by molar-refractivity contribution is -0.166. The van der Waals surface area contributed by atoms with E-state index < -0.39 is 65.5 Å². The maximum absolute atomic E-state index is 14.7. The summed E-state index contributed by atoms with van der Waals surface area (Å²) < 4.78 is 39.6. The zero-order chi connectivity index (χ0) is 48.5. The number of hydrogen-bond acceptors (Lipinski definition) is 13. The second kappa shape index (κ2) is 21.4. The lowest BCUT2D eigenvalue weighted by Crippen LogP contribution is -2.62. The molecule has 0 spiro atoms. The average Bonchev–Trinajstić information content (AvgIpc) is 3.64. The minimum absolute atomic E-state index is 0.0157. The molecule has 15 nitrogen and oxygen atoms in total. The fourth-order valence-electron chi connectivity index (χ4n) is 8.04. The highest BCUT2D eigenvalue weighted by molar-refractivity contribution is 6.38. The van der Waals surface area contributed by atoms with E-state index in [0.717, 1.165) is 38.8 Å². The Bertz CT molecular complexity index is 2450. The molecule has 4 aromatic rings. The van der Waals surface area contributed by atoms with Gasteiger partial charge in [-0.15, -0.1) is 0 Å². The lowest BCUT2D eigenvalue weighted by atomic mass is 9.87. The number of Topliss-reactive ketones (excluding diaryl/α,β-unsaturated/α-hetero) is 1. The summed E-state index contributed by atoms with van der Waals surface area (Å²) in [6, 6.07) is 26.5. The van der Waals surface area contributed by atoms with Gasteiger partial charge < -0.3 is 43.0 Å². The predicted octanol–water partition coefficient (Wildman–Crippen LogP) is 7.43. The van der Waals surface area contributed by atoms with E-state index in [2.05, 4.69) is 6.58 Å². The molecule has 1 aliphatic carbocycles. The summed E-state index contributed by atoms with van der Waals surface area (Å²) in [5.74, 6) is -3.08. The number of rotatable bonds is 18. The summed E-state index contributed by atoms with van der Waals surface area (Å²) in [7, 11) is 3.06. The first-order valence-corrected chi connectivity index (χ1v) is 22.0. The summed E-state index contributed by atoms with van der Waals surface area (Å²) in [6.07, 6.45) is -0.154. The van der Waals surface area contributed by atoms with E-state index in [1.165, 1.54) is 33.0 Å². The third kappa shape index (κ3) is 12.2. The number of piperazine rings is 1. The Labute approximate surface area is 390 Å². The van der Waals surface area contributed by atoms with Gasteiger partial charge in [0.15, 0.2) is 18.1 Å². The maximum atomic E-state index is 14.7. The molecule has 15 heteroatoms. The van der Waals surface area contributed by atoms with Crippen molar-refractivity contribution >= 4 is 35.7 Å². The average molecular weight is 919 g/mol. The van der Waals surface area contributed by atoms with Gasteiger partial charge in [0.1, 0.15) is 36.7 Å². The molecular formula is C52H58N2O13. The molecule has 1 saturated heterocycles. The number of methoxy groups -OCH3 is 2. The van der Waals surface area contributed by atoms with Crippen molar-refractivity contribution < 1.29 is 61.9 Å². The zero-order valence-electron chi connectivity index (χ0n) is 39.0. The summed E-state index contributed by atoms with van der Waals surface area (Å²) in [4.78, 5) is 83.7. The fourth-order valence-corrected chi connectivity index (χ4v) is 8.04. The third-order valence-electron chi connectivity index (χ3n) is 11.5. The van der Waals surface area contributed by atoms with Crippen molar-refractivity contribution in [3.8, 4) is 28.4 Å². The van der Waals surface area contributed by atoms with Crippen LogP contribution in [0.5, 0.6) is 17.2 Å². The number of hydrogen-bond donors (Lipinski definition) is 0. The lowest BCUT2D eigenvalue weighted by Gasteiger charge is -2.40. The summed E-state index contributed by atoms with van der Waals surface area (Å²) in [5.41, 5.74) is 3.27. The van der Waals surface area contributed by atoms with E-state index in [1.807, 2.05) is 60.7 Å². The number of carbonyl (C=O) groups is 6. The van der Waals surface area contributed by atoms with Crippen molar-refractivity contribution in [2.45, 2.75) is 71.1 Å². The number of carbonyl (C=O) groups excluding carboxylic acids is 6. The zero-order valence-corrected chi connectivity index (χ0v) is 39.0. The molecular weight excluding hydrogens is 861 g/mol. The normalized spacial score (nSPS) is 15.0. The van der Waals surface area contributed by atoms with Gasteiger partial charge in [-0.2, -0.15) is 0 Å². The quantitative estimate of drug-likeness (QED) is 0.0418. The number of esters is 3. The van der Waals surface area contributed by atoms with Crippen LogP contribution in [0, 0.1) is 5.41 Å². The van der Waals surface area contributed by atoms with E-state index in [0.29, 0.717) is 29.2 Å². The molecule has 2 aliphatic rings. The minimum Gasteiger partial charge on any atom is -0.493 e. The van der Waals surface area contributed by atoms with Crippen molar-refractivity contribution in [3.63, 3.8) is 0 Å². The Morgan fingerprint density at radius 1 is 0.791 bits per heavy atom. The number of fused-ring (bicyclic) bond motifs is 3. The molecule has 6 rings (SSSR count). The molecule has 0 radical (unpaired) electrons. The van der Waals surface area contributed by atoms with Crippen molar-refractivity contribution in [2.75, 3.05) is 53.7 Å². The Kier molecular flexibility index (Phi) is 15.8. The van der Waals surface area contributed by atoms with Crippen LogP contribution >= 0.6 is 0 Å². The molecule has 354 valence electrons. The largest absolute Gasteiger partial charge is 0.493 e. The van der Waals surface area contributed by atoms with Crippen LogP contribution in [-0.2, 0) is 49.3 Å². The van der Waals surface area contributed by atoms with Crippen LogP contribution < -0.4 is 14.2 Å². The first kappa shape index (κ1) is 49.3. The molecule has 0 saturated carbocycles. The maximum Gasteiger partial charge on any atom is 0.409 e. The molecule has 1 aliphatic heterocycles. The molecule has 67 heavy (non-hydrogen) atoms. The number of benzene rings is 4. The second-order valence-corrected chi connectivity index (χ2v) is 17.9. The number of nitrogens with zero attached hydrogens (tertiary/aromatic N) is 2. The summed E-state index contributed by atoms with van der Waals surface area (Å²) in [5, 5.41) is 0. The fraction of sp³-hybridized carbons (Fsp3) is 0.385. The van der Waals surface area contributed by atoms with Gasteiger partial charge >= 0.3 is 24.0 Å². The highest BCUT2D eigenvalue weighted by Crippen LogP contribution is 2.44. The predicted molar refractivity (Wildman–Crippen MR) is 247 cm³/mol. The van der Waals surface area contributed by atoms with E-state index >= 15 is 0 Å². The van der Waals surface area contributed by atoms with Gasteiger partial charge in [-0.25, -0.2) is 19.2 Å². The Morgan fingerprint density at radius 2 is 1.46 bits per heavy atom. The van der Waals surface area contributed by atoms with E-state index in [4.69, 9.17) is 33.2 Å². The molecule has 2 atom stereocenters. The molecule has 0 unspecified atom stereocenters. The van der Waals surface area contributed by atoms with Crippen LogP contribution in [0.4, 0.5) is 4.79 Å². The highest BCUT2D eigenvalue weighted by Gasteiger charge is 2.45. The summed E-state index contributed by atoms with van der Waals surface area (Å²) >= 11 is 0. The molecule has 0 N–H and O–H groups in total. The SMILES string of the molecule is C=CC(=O)OCC(C)(C)C(=O)C(=O)N1CCN(C(=O)OCC2c3ccccc3-c3ccccc32)C[C@H]1C(=O)O[C@H](CCc1ccc(OC)c(OC)c1)c1cccc(OCC(=O)OC(C)(C)C)c1. The first-order chi connectivity index (χ1) is 31.9. The van der Waals surface area contributed by atoms with Crippen molar-refractivity contribution in [1.29, 1.82) is 0 Å². The van der Waals surface area contributed by atoms with E-state index in [9.17, 15) is 28.8 Å². The monoisotopic (exact) mass is 918 g/mol. The summed E-state index contributed by atoms with van der Waals surface area (Å²) in [6.45, 7) is 10.1. The van der Waals surface area contributed by atoms with E-state index in [-0.39, 0.29) is 45.2 Å². The Morgan fingerprint density at radius 3 is 2.10 bits per heavy atom. The van der Waals surface area contributed by atoms with Crippen LogP contribution in [0.3, 0.4) is 0 Å². The van der Waals surface area contributed by atoms with Gasteiger partial charge in [0, 0.05) is 25.1 Å². The van der Waals surface area contributed by atoms with Gasteiger partial charge in [0.25, 0.3) is 5.91 Å². The standard InChI is InChI=1S/C52H58N2O13/c1-9-45(55)65-32-52(5,6)47(57)48(58)54-26-25-53(50(60)64-30-40-38-19-12-10-17-36(38)37-18-11-13-20-39(37)40)29-41(54)49(59)66-42(23-21-33-22-24-43(61-7)44(27-33)62-8)34-15-14-16-35(28-34)63-31-46(56)67-51(2,3)4/h9-20,22,24,27-28,40-42H,1,21,23,25-26,29-32H2,2-8H3/t41-,42+/m0/s1. The van der Waals surface area contributed by atoms with Crippen LogP contribution in [-0.4, -0.2) is 111 Å². The number of ketones is 1. The molecule has 1 heterocycles.